The van der Waals surface area contributed by atoms with Gasteiger partial charge in [-0.05, 0) is 68.6 Å². The Bertz CT molecular complexity index is 719. The van der Waals surface area contributed by atoms with Crippen LogP contribution in [0.5, 0.6) is 0 Å². The summed E-state index contributed by atoms with van der Waals surface area (Å²) in [6, 6.07) is 0. The van der Waals surface area contributed by atoms with Crippen molar-refractivity contribution in [1.82, 2.24) is 5.16 Å². The highest BCUT2D eigenvalue weighted by atomic mass is 16.5. The van der Waals surface area contributed by atoms with Crippen molar-refractivity contribution in [2.75, 3.05) is 0 Å². The summed E-state index contributed by atoms with van der Waals surface area (Å²) in [5, 5.41) is 14.4. The van der Waals surface area contributed by atoms with Gasteiger partial charge in [-0.25, -0.2) is 0 Å². The average Bonchev–Trinajstić information content (AvgIpc) is 3.06. The van der Waals surface area contributed by atoms with E-state index in [0.29, 0.717) is 11.3 Å². The minimum absolute atomic E-state index is 0.112. The van der Waals surface area contributed by atoms with Crippen LogP contribution in [-0.4, -0.2) is 16.4 Å². The number of aromatic nitrogens is 1. The molecule has 1 N–H and O–H groups in total. The van der Waals surface area contributed by atoms with Crippen LogP contribution in [0.15, 0.2) is 16.2 Å². The Labute approximate surface area is 144 Å². The summed E-state index contributed by atoms with van der Waals surface area (Å²) in [6.45, 7) is 7.07. The van der Waals surface area contributed by atoms with E-state index in [-0.39, 0.29) is 11.5 Å². The van der Waals surface area contributed by atoms with E-state index in [1.54, 1.807) is 5.57 Å². The lowest BCUT2D eigenvalue weighted by Gasteiger charge is -2.57. The first-order valence-electron chi connectivity index (χ1n) is 9.76. The van der Waals surface area contributed by atoms with E-state index in [1.165, 1.54) is 30.6 Å². The fraction of sp³-hybridized carbons (Fsp3) is 0.762. The highest BCUT2D eigenvalue weighted by Gasteiger charge is 2.58. The molecule has 4 aliphatic carbocycles. The molecule has 0 amide bonds. The van der Waals surface area contributed by atoms with Gasteiger partial charge < -0.3 is 9.63 Å². The Morgan fingerprint density at radius 3 is 2.75 bits per heavy atom. The zero-order valence-corrected chi connectivity index (χ0v) is 15.1. The second-order valence-corrected chi connectivity index (χ2v) is 9.38. The average molecular weight is 327 g/mol. The lowest BCUT2D eigenvalue weighted by atomic mass is 9.47. The molecule has 0 radical (unpaired) electrons. The van der Waals surface area contributed by atoms with Crippen molar-refractivity contribution in [2.24, 2.45) is 23.2 Å². The molecule has 130 valence electrons. The molecule has 3 nitrogen and oxygen atoms in total. The fourth-order valence-electron chi connectivity index (χ4n) is 7.14. The maximum Gasteiger partial charge on any atom is 0.141 e. The van der Waals surface area contributed by atoms with Crippen molar-refractivity contribution in [3.63, 3.8) is 0 Å². The summed E-state index contributed by atoms with van der Waals surface area (Å²) < 4.78 is 5.69. The van der Waals surface area contributed by atoms with E-state index < -0.39 is 0 Å². The van der Waals surface area contributed by atoms with Crippen molar-refractivity contribution in [3.05, 3.63) is 28.7 Å². The standard InChI is InChI=1S/C21H29NO2/c1-12-19-18(24-22-12)11-17-15-5-4-13-10-14(23)6-8-20(13,2)16(15)7-9-21(17,19)3/h4,14-17,23H,5-11H2,1-3H3/t14-,15+,16-,17-,20+,21-/m1/s1. The van der Waals surface area contributed by atoms with E-state index in [1.807, 2.05) is 0 Å². The first-order chi connectivity index (χ1) is 11.4. The molecule has 0 aromatic carbocycles. The van der Waals surface area contributed by atoms with Gasteiger partial charge in [0.25, 0.3) is 0 Å². The Hall–Kier alpha value is -1.09. The first-order valence-corrected chi connectivity index (χ1v) is 9.76. The second kappa shape index (κ2) is 4.75. The number of rotatable bonds is 0. The van der Waals surface area contributed by atoms with Crippen LogP contribution < -0.4 is 0 Å². The van der Waals surface area contributed by atoms with Gasteiger partial charge in [0.15, 0.2) is 0 Å². The number of aliphatic hydroxyl groups excluding tert-OH is 1. The van der Waals surface area contributed by atoms with Crippen LogP contribution in [0.1, 0.15) is 69.4 Å². The second-order valence-electron chi connectivity index (χ2n) is 9.38. The molecule has 4 aliphatic rings. The van der Waals surface area contributed by atoms with Gasteiger partial charge in [0.1, 0.15) is 5.76 Å². The van der Waals surface area contributed by atoms with Crippen LogP contribution in [0.3, 0.4) is 0 Å². The minimum atomic E-state index is -0.112. The van der Waals surface area contributed by atoms with Gasteiger partial charge in [0.05, 0.1) is 11.8 Å². The van der Waals surface area contributed by atoms with Gasteiger partial charge in [0.2, 0.25) is 0 Å². The first kappa shape index (κ1) is 15.2. The summed E-state index contributed by atoms with van der Waals surface area (Å²) >= 11 is 0. The van der Waals surface area contributed by atoms with Gasteiger partial charge in [-0.3, -0.25) is 0 Å². The third-order valence-electron chi connectivity index (χ3n) is 8.38. The summed E-state index contributed by atoms with van der Waals surface area (Å²) in [4.78, 5) is 0. The van der Waals surface area contributed by atoms with Crippen LogP contribution in [0.25, 0.3) is 0 Å². The van der Waals surface area contributed by atoms with E-state index in [9.17, 15) is 5.11 Å². The predicted molar refractivity (Wildman–Crippen MR) is 92.7 cm³/mol. The Kier molecular flexibility index (Phi) is 3.01. The monoisotopic (exact) mass is 327 g/mol. The molecule has 2 fully saturated rings. The maximum absolute atomic E-state index is 10.1. The number of hydrogen-bond donors (Lipinski definition) is 1. The number of hydrogen-bond acceptors (Lipinski definition) is 3. The van der Waals surface area contributed by atoms with Crippen molar-refractivity contribution < 1.29 is 9.63 Å². The van der Waals surface area contributed by atoms with Gasteiger partial charge >= 0.3 is 0 Å². The molecule has 2 saturated carbocycles. The third-order valence-corrected chi connectivity index (χ3v) is 8.38. The van der Waals surface area contributed by atoms with Crippen LogP contribution in [0, 0.1) is 30.1 Å². The quantitative estimate of drug-likeness (QED) is 0.722. The molecule has 0 saturated heterocycles. The van der Waals surface area contributed by atoms with Crippen LogP contribution >= 0.6 is 0 Å². The topological polar surface area (TPSA) is 46.3 Å². The van der Waals surface area contributed by atoms with Crippen molar-refractivity contribution >= 4 is 0 Å². The normalized spacial score (nSPS) is 46.6. The van der Waals surface area contributed by atoms with Crippen LogP contribution in [0.4, 0.5) is 0 Å². The zero-order chi connectivity index (χ0) is 16.7. The molecule has 0 bridgehead atoms. The van der Waals surface area contributed by atoms with Crippen molar-refractivity contribution in [3.8, 4) is 0 Å². The Balaban J connectivity index is 1.54. The maximum atomic E-state index is 10.1. The fourth-order valence-corrected chi connectivity index (χ4v) is 7.14. The third kappa shape index (κ3) is 1.75. The highest BCUT2D eigenvalue weighted by molar-refractivity contribution is 5.40. The van der Waals surface area contributed by atoms with E-state index >= 15 is 0 Å². The summed E-state index contributed by atoms with van der Waals surface area (Å²) in [5.74, 6) is 3.41. The lowest BCUT2D eigenvalue weighted by Crippen LogP contribution is -2.51. The molecule has 1 aromatic heterocycles. The van der Waals surface area contributed by atoms with Gasteiger partial charge in [-0.1, -0.05) is 30.7 Å². The summed E-state index contributed by atoms with van der Waals surface area (Å²) in [6.07, 6.45) is 10.3. The van der Waals surface area contributed by atoms with Crippen molar-refractivity contribution in [1.29, 1.82) is 0 Å². The smallest absolute Gasteiger partial charge is 0.141 e. The largest absolute Gasteiger partial charge is 0.393 e. The van der Waals surface area contributed by atoms with Crippen molar-refractivity contribution in [2.45, 2.75) is 77.2 Å². The molecule has 24 heavy (non-hydrogen) atoms. The molecule has 6 atom stereocenters. The molecular formula is C21H29NO2. The Morgan fingerprint density at radius 1 is 1.12 bits per heavy atom. The molecule has 5 rings (SSSR count). The molecule has 0 aliphatic heterocycles. The molecule has 0 unspecified atom stereocenters. The van der Waals surface area contributed by atoms with E-state index in [0.717, 1.165) is 43.2 Å². The number of aliphatic hydroxyl groups is 1. The predicted octanol–water partition coefficient (Wildman–Crippen LogP) is 4.32. The molecule has 0 spiro atoms. The number of aryl methyl sites for hydroxylation is 1. The lowest BCUT2D eigenvalue weighted by molar-refractivity contribution is -0.0172. The highest BCUT2D eigenvalue weighted by Crippen LogP contribution is 2.64. The van der Waals surface area contributed by atoms with Gasteiger partial charge in [0, 0.05) is 17.4 Å². The summed E-state index contributed by atoms with van der Waals surface area (Å²) in [7, 11) is 0. The minimum Gasteiger partial charge on any atom is -0.393 e. The molecule has 3 heteroatoms. The van der Waals surface area contributed by atoms with E-state index in [4.69, 9.17) is 4.52 Å². The van der Waals surface area contributed by atoms with Crippen LogP contribution in [0.2, 0.25) is 0 Å². The molecule has 1 aromatic rings. The molecule has 1 heterocycles. The van der Waals surface area contributed by atoms with Gasteiger partial charge in [-0.15, -0.1) is 0 Å². The molecular weight excluding hydrogens is 298 g/mol. The van der Waals surface area contributed by atoms with Gasteiger partial charge in [-0.2, -0.15) is 0 Å². The SMILES string of the molecule is Cc1noc2c1[C@]1(C)CC[C@@H]3[C@H](CC=C4C[C@H](O)CC[C@@]43C)[C@H]1C2. The van der Waals surface area contributed by atoms with E-state index in [2.05, 4.69) is 32.0 Å². The number of allylic oxidation sites excluding steroid dienone is 1. The zero-order valence-electron chi connectivity index (χ0n) is 15.1. The van der Waals surface area contributed by atoms with Crippen LogP contribution in [-0.2, 0) is 11.8 Å². The number of nitrogens with zero attached hydrogens (tertiary/aromatic N) is 1. The Morgan fingerprint density at radius 2 is 1.92 bits per heavy atom. The number of fused-ring (bicyclic) bond motifs is 7. The summed E-state index contributed by atoms with van der Waals surface area (Å²) in [5.41, 5.74) is 4.69.